The van der Waals surface area contributed by atoms with Gasteiger partial charge in [-0.1, -0.05) is 125 Å². The van der Waals surface area contributed by atoms with Gasteiger partial charge in [-0.05, 0) is 129 Å². The van der Waals surface area contributed by atoms with Crippen molar-refractivity contribution < 1.29 is 0 Å². The molecule has 1 aliphatic carbocycles. The molecule has 5 heteroatoms. The van der Waals surface area contributed by atoms with Crippen LogP contribution in [-0.2, 0) is 0 Å². The van der Waals surface area contributed by atoms with E-state index in [2.05, 4.69) is 206 Å². The van der Waals surface area contributed by atoms with Crippen molar-refractivity contribution in [1.82, 2.24) is 9.13 Å². The van der Waals surface area contributed by atoms with Crippen molar-refractivity contribution in [2.24, 2.45) is 0 Å². The van der Waals surface area contributed by atoms with Gasteiger partial charge in [0, 0.05) is 39.2 Å². The van der Waals surface area contributed by atoms with E-state index < -0.39 is 0 Å². The van der Waals surface area contributed by atoms with Crippen LogP contribution in [0.4, 0.5) is 11.4 Å². The molecule has 0 amide bonds. The second kappa shape index (κ2) is 14.7. The zero-order valence-corrected chi connectivity index (χ0v) is 36.9. The quantitative estimate of drug-likeness (QED) is 0.162. The first kappa shape index (κ1) is 38.5. The molecule has 3 heterocycles. The number of hydrogen-bond acceptors (Lipinski definition) is 3. The lowest BCUT2D eigenvalue weighted by Crippen LogP contribution is -2.33. The monoisotopic (exact) mass is 835 g/mol. The van der Waals surface area contributed by atoms with E-state index in [1.165, 1.54) is 16.7 Å². The Morgan fingerprint density at radius 3 is 1.43 bits per heavy atom. The van der Waals surface area contributed by atoms with E-state index >= 15 is 0 Å². The number of nitrogens with zero attached hydrogens (tertiary/aromatic N) is 5. The maximum absolute atomic E-state index is 11.8. The Hall–Kier alpha value is -8.12. The van der Waals surface area contributed by atoms with Gasteiger partial charge in [0.25, 0.3) is 0 Å². The van der Waals surface area contributed by atoms with Gasteiger partial charge in [0.1, 0.15) is 23.3 Å². The molecule has 0 radical (unpaired) electrons. The fourth-order valence-corrected chi connectivity index (χ4v) is 11.1. The van der Waals surface area contributed by atoms with Crippen molar-refractivity contribution in [3.05, 3.63) is 203 Å². The van der Waals surface area contributed by atoms with Crippen LogP contribution in [0.3, 0.4) is 0 Å². The van der Waals surface area contributed by atoms with E-state index in [0.29, 0.717) is 16.8 Å². The van der Waals surface area contributed by atoms with Gasteiger partial charge in [0.05, 0.1) is 39.1 Å². The molecule has 0 spiro atoms. The first-order chi connectivity index (χ1) is 31.8. The van der Waals surface area contributed by atoms with Gasteiger partial charge >= 0.3 is 0 Å². The minimum atomic E-state index is 0.0289. The van der Waals surface area contributed by atoms with Gasteiger partial charge in [-0.3, -0.25) is 0 Å². The predicted octanol–water partition coefficient (Wildman–Crippen LogP) is 15.2. The van der Waals surface area contributed by atoms with E-state index in [1.807, 2.05) is 12.1 Å². The molecule has 310 valence electrons. The minimum absolute atomic E-state index is 0.0289. The van der Waals surface area contributed by atoms with Gasteiger partial charge in [-0.2, -0.15) is 10.5 Å². The molecule has 0 saturated heterocycles. The lowest BCUT2D eigenvalue weighted by molar-refractivity contribution is 0.550. The van der Waals surface area contributed by atoms with Crippen molar-refractivity contribution in [3.8, 4) is 45.8 Å². The smallest absolute Gasteiger partial charge is 0.104 e. The van der Waals surface area contributed by atoms with E-state index in [-0.39, 0.29) is 12.0 Å². The first-order valence-corrected chi connectivity index (χ1v) is 22.6. The molecule has 8 aromatic carbocycles. The Morgan fingerprint density at radius 2 is 0.923 bits per heavy atom. The Kier molecular flexibility index (Phi) is 8.74. The van der Waals surface area contributed by atoms with E-state index in [4.69, 9.17) is 0 Å². The van der Waals surface area contributed by atoms with Crippen LogP contribution in [0, 0.1) is 43.4 Å². The molecular weight excluding hydrogens is 791 g/mol. The minimum Gasteiger partial charge on any atom is -0.335 e. The molecule has 12 rings (SSSR count). The van der Waals surface area contributed by atoms with Crippen LogP contribution in [0.25, 0.3) is 77.2 Å². The standard InChI is InChI=1S/C60H45N5/c1-36-15-21-52-46(29-36)48-31-42(40-11-7-5-8-12-40)19-25-54(48)63(52)58-33-59(64-53-22-16-37(2)30-47(53)49-32-43(20-26-55(49)64)41-13-9-6-10-14-41)51(35-62)60(50(58)34-61)65-56-23-17-38(3)27-44(56)45-28-39(4)18-24-57(45)65/h5-17,19-23,25-33,45,57H,18,24H2,1-4H3. The summed E-state index contributed by atoms with van der Waals surface area (Å²) < 4.78 is 4.57. The third-order valence-corrected chi connectivity index (χ3v) is 14.1. The van der Waals surface area contributed by atoms with Crippen LogP contribution in [-0.4, -0.2) is 15.2 Å². The molecular formula is C60H45N5. The lowest BCUT2D eigenvalue weighted by Gasteiger charge is -2.34. The van der Waals surface area contributed by atoms with Crippen LogP contribution in [0.2, 0.25) is 0 Å². The summed E-state index contributed by atoms with van der Waals surface area (Å²) in [5.74, 6) is 0.129. The Bertz CT molecular complexity index is 3540. The molecule has 10 aromatic rings. The van der Waals surface area contributed by atoms with E-state index in [1.54, 1.807) is 0 Å². The Balaban J connectivity index is 1.23. The third kappa shape index (κ3) is 5.90. The highest BCUT2D eigenvalue weighted by atomic mass is 15.2. The number of rotatable bonds is 5. The molecule has 65 heavy (non-hydrogen) atoms. The first-order valence-electron chi connectivity index (χ1n) is 22.6. The SMILES string of the molecule is CC1=CC2c3cc(C)ccc3N(c3c(C#N)c(-n4c5ccc(C)cc5c5cc(-c6ccccc6)ccc54)cc(-n4c5ccc(C)cc5c5cc(-c6ccccc6)ccc54)c3C#N)C2CC1. The number of fused-ring (bicyclic) bond motifs is 9. The summed E-state index contributed by atoms with van der Waals surface area (Å²) in [6, 6.07) is 62.0. The summed E-state index contributed by atoms with van der Waals surface area (Å²) >= 11 is 0. The van der Waals surface area contributed by atoms with Gasteiger partial charge in [-0.15, -0.1) is 0 Å². The van der Waals surface area contributed by atoms with Crippen molar-refractivity contribution in [1.29, 1.82) is 10.5 Å². The van der Waals surface area contributed by atoms with Crippen LogP contribution >= 0.6 is 0 Å². The molecule has 2 aromatic heterocycles. The van der Waals surface area contributed by atoms with Crippen LogP contribution in [0.15, 0.2) is 169 Å². The molecule has 1 aliphatic heterocycles. The zero-order valence-electron chi connectivity index (χ0n) is 36.9. The molecule has 2 unspecified atom stereocenters. The van der Waals surface area contributed by atoms with Crippen molar-refractivity contribution in [2.75, 3.05) is 4.90 Å². The lowest BCUT2D eigenvalue weighted by atomic mass is 9.84. The van der Waals surface area contributed by atoms with Crippen molar-refractivity contribution in [2.45, 2.75) is 52.5 Å². The summed E-state index contributed by atoms with van der Waals surface area (Å²) in [7, 11) is 0. The number of allylic oxidation sites excluding steroid dienone is 1. The maximum atomic E-state index is 11.8. The topological polar surface area (TPSA) is 60.7 Å². The predicted molar refractivity (Wildman–Crippen MR) is 268 cm³/mol. The largest absolute Gasteiger partial charge is 0.335 e. The third-order valence-electron chi connectivity index (χ3n) is 14.1. The molecule has 0 fully saturated rings. The van der Waals surface area contributed by atoms with Gasteiger partial charge in [0.15, 0.2) is 0 Å². The highest BCUT2D eigenvalue weighted by Gasteiger charge is 2.43. The second-order valence-corrected chi connectivity index (χ2v) is 18.2. The molecule has 0 saturated carbocycles. The second-order valence-electron chi connectivity index (χ2n) is 18.2. The number of aryl methyl sites for hydroxylation is 3. The van der Waals surface area contributed by atoms with Crippen molar-refractivity contribution >= 4 is 55.0 Å². The maximum Gasteiger partial charge on any atom is 0.104 e. The number of nitriles is 2. The molecule has 2 atom stereocenters. The highest BCUT2D eigenvalue weighted by molar-refractivity contribution is 6.13. The number of anilines is 2. The molecule has 5 nitrogen and oxygen atoms in total. The molecule has 0 N–H and O–H groups in total. The fraction of sp³-hybridized carbons (Fsp3) is 0.133. The average Bonchev–Trinajstić information content (AvgIpc) is 3.95. The Morgan fingerprint density at radius 1 is 0.462 bits per heavy atom. The normalized spacial score (nSPS) is 15.6. The zero-order chi connectivity index (χ0) is 44.1. The van der Waals surface area contributed by atoms with Gasteiger partial charge in [-0.25, -0.2) is 0 Å². The molecule has 2 aliphatic rings. The highest BCUT2D eigenvalue weighted by Crippen LogP contribution is 2.54. The number of benzene rings is 8. The summed E-state index contributed by atoms with van der Waals surface area (Å²) in [6.45, 7) is 8.66. The van der Waals surface area contributed by atoms with Crippen LogP contribution in [0.1, 0.15) is 59.1 Å². The summed E-state index contributed by atoms with van der Waals surface area (Å²) in [4.78, 5) is 2.38. The van der Waals surface area contributed by atoms with Gasteiger partial charge in [0.2, 0.25) is 0 Å². The fourth-order valence-electron chi connectivity index (χ4n) is 11.1. The average molecular weight is 836 g/mol. The van der Waals surface area contributed by atoms with Crippen LogP contribution in [0.5, 0.6) is 0 Å². The van der Waals surface area contributed by atoms with Crippen LogP contribution < -0.4 is 4.90 Å². The summed E-state index contributed by atoms with van der Waals surface area (Å²) in [5.41, 5.74) is 18.9. The van der Waals surface area contributed by atoms with E-state index in [9.17, 15) is 10.5 Å². The van der Waals surface area contributed by atoms with Crippen molar-refractivity contribution in [3.63, 3.8) is 0 Å². The number of aromatic nitrogens is 2. The van der Waals surface area contributed by atoms with Gasteiger partial charge < -0.3 is 14.0 Å². The number of hydrogen-bond donors (Lipinski definition) is 0. The Labute approximate surface area is 379 Å². The summed E-state index contributed by atoms with van der Waals surface area (Å²) in [5, 5.41) is 28.1. The molecule has 0 bridgehead atoms. The van der Waals surface area contributed by atoms with E-state index in [0.717, 1.165) is 107 Å². The summed E-state index contributed by atoms with van der Waals surface area (Å²) in [6.07, 6.45) is 4.28.